The topological polar surface area (TPSA) is 37.8 Å². The molecule has 110 valence electrons. The van der Waals surface area contributed by atoms with Crippen molar-refractivity contribution in [3.8, 4) is 0 Å². The molecule has 0 saturated heterocycles. The van der Waals surface area contributed by atoms with Gasteiger partial charge in [-0.05, 0) is 55.2 Å². The van der Waals surface area contributed by atoms with E-state index in [1.165, 1.54) is 60.6 Å². The molecular formula is C16H24IN3. The summed E-state index contributed by atoms with van der Waals surface area (Å²) in [4.78, 5) is 9.87. The molecule has 0 aliphatic heterocycles. The number of anilines is 1. The number of halogens is 1. The molecule has 0 atom stereocenters. The van der Waals surface area contributed by atoms with Crippen LogP contribution in [0, 0.1) is 3.57 Å². The molecular weight excluding hydrogens is 361 g/mol. The first-order valence-corrected chi connectivity index (χ1v) is 9.18. The number of nitrogens with zero attached hydrogens (tertiary/aromatic N) is 2. The molecule has 3 rings (SSSR count). The first-order chi connectivity index (χ1) is 9.79. The summed E-state index contributed by atoms with van der Waals surface area (Å²) < 4.78 is 1.26. The molecule has 0 amide bonds. The van der Waals surface area contributed by atoms with Crippen LogP contribution >= 0.6 is 22.6 Å². The van der Waals surface area contributed by atoms with Crippen molar-refractivity contribution in [2.75, 3.05) is 11.9 Å². The van der Waals surface area contributed by atoms with Crippen molar-refractivity contribution in [1.82, 2.24) is 9.97 Å². The second-order valence-corrected chi connectivity index (χ2v) is 7.20. The number of hydrogen-bond acceptors (Lipinski definition) is 3. The van der Waals surface area contributed by atoms with E-state index in [2.05, 4.69) is 34.8 Å². The number of hydrogen-bond donors (Lipinski definition) is 1. The third kappa shape index (κ3) is 2.95. The monoisotopic (exact) mass is 385 g/mol. The van der Waals surface area contributed by atoms with E-state index in [1.54, 1.807) is 0 Å². The van der Waals surface area contributed by atoms with E-state index in [9.17, 15) is 0 Å². The summed E-state index contributed by atoms with van der Waals surface area (Å²) in [6, 6.07) is 0. The van der Waals surface area contributed by atoms with Crippen LogP contribution in [-0.2, 0) is 0 Å². The Morgan fingerprint density at radius 3 is 2.20 bits per heavy atom. The maximum atomic E-state index is 5.02. The van der Waals surface area contributed by atoms with Gasteiger partial charge in [0.25, 0.3) is 0 Å². The molecule has 20 heavy (non-hydrogen) atoms. The van der Waals surface area contributed by atoms with Crippen LogP contribution < -0.4 is 5.32 Å². The molecule has 2 fully saturated rings. The Morgan fingerprint density at radius 1 is 1.00 bits per heavy atom. The standard InChI is InChI=1S/C16H24IN3/c1-2-18-16-13(17)14(11-7-3-4-8-11)19-15(20-16)12-9-5-6-10-12/h11-12H,2-10H2,1H3,(H,18,19,20). The molecule has 0 bridgehead atoms. The van der Waals surface area contributed by atoms with Crippen LogP contribution in [0.1, 0.15) is 81.6 Å². The number of nitrogens with one attached hydrogen (secondary N) is 1. The molecule has 1 aromatic rings. The lowest BCUT2D eigenvalue weighted by Gasteiger charge is -2.18. The lowest BCUT2D eigenvalue weighted by atomic mass is 10.0. The molecule has 2 aliphatic rings. The summed E-state index contributed by atoms with van der Waals surface area (Å²) in [6.45, 7) is 3.07. The molecule has 0 unspecified atom stereocenters. The average Bonchev–Trinajstić information content (AvgIpc) is 3.14. The van der Waals surface area contributed by atoms with Crippen molar-refractivity contribution < 1.29 is 0 Å². The highest BCUT2D eigenvalue weighted by atomic mass is 127. The van der Waals surface area contributed by atoms with E-state index in [4.69, 9.17) is 9.97 Å². The smallest absolute Gasteiger partial charge is 0.143 e. The lowest BCUT2D eigenvalue weighted by Crippen LogP contribution is -2.13. The van der Waals surface area contributed by atoms with Gasteiger partial charge in [0.1, 0.15) is 11.6 Å². The molecule has 1 N–H and O–H groups in total. The Hall–Kier alpha value is -0.390. The zero-order chi connectivity index (χ0) is 13.9. The third-order valence-corrected chi connectivity index (χ3v) is 5.76. The normalized spacial score (nSPS) is 20.7. The second-order valence-electron chi connectivity index (χ2n) is 6.12. The summed E-state index contributed by atoms with van der Waals surface area (Å²) in [6.07, 6.45) is 10.6. The minimum absolute atomic E-state index is 0.601. The van der Waals surface area contributed by atoms with Crippen molar-refractivity contribution in [2.45, 2.75) is 70.1 Å². The molecule has 2 aliphatic carbocycles. The van der Waals surface area contributed by atoms with Gasteiger partial charge in [-0.15, -0.1) is 0 Å². The number of aromatic nitrogens is 2. The molecule has 3 nitrogen and oxygen atoms in total. The van der Waals surface area contributed by atoms with Crippen molar-refractivity contribution >= 4 is 28.4 Å². The van der Waals surface area contributed by atoms with Crippen LogP contribution in [0.3, 0.4) is 0 Å². The summed E-state index contributed by atoms with van der Waals surface area (Å²) in [7, 11) is 0. The summed E-state index contributed by atoms with van der Waals surface area (Å²) in [5, 5.41) is 3.44. The summed E-state index contributed by atoms with van der Waals surface area (Å²) >= 11 is 2.45. The Bertz CT molecular complexity index is 463. The van der Waals surface area contributed by atoms with E-state index in [0.717, 1.165) is 18.2 Å². The molecule has 4 heteroatoms. The average molecular weight is 385 g/mol. The van der Waals surface area contributed by atoms with Crippen LogP contribution in [0.4, 0.5) is 5.82 Å². The van der Waals surface area contributed by atoms with Crippen LogP contribution in [0.5, 0.6) is 0 Å². The zero-order valence-electron chi connectivity index (χ0n) is 12.3. The van der Waals surface area contributed by atoms with Crippen LogP contribution in [-0.4, -0.2) is 16.5 Å². The number of rotatable bonds is 4. The third-order valence-electron chi connectivity index (χ3n) is 4.70. The van der Waals surface area contributed by atoms with Gasteiger partial charge in [-0.2, -0.15) is 0 Å². The first kappa shape index (κ1) is 14.5. The minimum atomic E-state index is 0.601. The highest BCUT2D eigenvalue weighted by Crippen LogP contribution is 2.39. The molecule has 1 heterocycles. The highest BCUT2D eigenvalue weighted by molar-refractivity contribution is 14.1. The largest absolute Gasteiger partial charge is 0.369 e. The first-order valence-electron chi connectivity index (χ1n) is 8.10. The van der Waals surface area contributed by atoms with Gasteiger partial charge in [0.05, 0.1) is 9.26 Å². The van der Waals surface area contributed by atoms with Crippen LogP contribution in [0.15, 0.2) is 0 Å². The fourth-order valence-electron chi connectivity index (χ4n) is 3.60. The van der Waals surface area contributed by atoms with E-state index in [0.29, 0.717) is 11.8 Å². The van der Waals surface area contributed by atoms with Crippen molar-refractivity contribution in [1.29, 1.82) is 0 Å². The lowest BCUT2D eigenvalue weighted by molar-refractivity contribution is 0.630. The van der Waals surface area contributed by atoms with E-state index >= 15 is 0 Å². The van der Waals surface area contributed by atoms with Gasteiger partial charge in [-0.3, -0.25) is 0 Å². The fourth-order valence-corrected chi connectivity index (χ4v) is 4.48. The molecule has 2 saturated carbocycles. The SMILES string of the molecule is CCNc1nc(C2CCCC2)nc(C2CCCC2)c1I. The summed E-state index contributed by atoms with van der Waals surface area (Å²) in [5.74, 6) is 3.46. The zero-order valence-corrected chi connectivity index (χ0v) is 14.4. The van der Waals surface area contributed by atoms with Gasteiger partial charge in [-0.1, -0.05) is 25.7 Å². The summed E-state index contributed by atoms with van der Waals surface area (Å²) in [5.41, 5.74) is 1.33. The van der Waals surface area contributed by atoms with Gasteiger partial charge < -0.3 is 5.32 Å². The Morgan fingerprint density at radius 2 is 1.60 bits per heavy atom. The maximum absolute atomic E-state index is 5.02. The molecule has 0 radical (unpaired) electrons. The fraction of sp³-hybridized carbons (Fsp3) is 0.750. The minimum Gasteiger partial charge on any atom is -0.369 e. The van der Waals surface area contributed by atoms with Gasteiger partial charge in [0.2, 0.25) is 0 Å². The second kappa shape index (κ2) is 6.58. The molecule has 0 aromatic carbocycles. The van der Waals surface area contributed by atoms with Crippen molar-refractivity contribution in [2.24, 2.45) is 0 Å². The quantitative estimate of drug-likeness (QED) is 0.755. The predicted octanol–water partition coefficient (Wildman–Crippen LogP) is 4.83. The Labute approximate surface area is 135 Å². The highest BCUT2D eigenvalue weighted by Gasteiger charge is 2.27. The maximum Gasteiger partial charge on any atom is 0.143 e. The van der Waals surface area contributed by atoms with Crippen LogP contribution in [0.2, 0.25) is 0 Å². The van der Waals surface area contributed by atoms with Gasteiger partial charge in [0, 0.05) is 18.4 Å². The van der Waals surface area contributed by atoms with Crippen molar-refractivity contribution in [3.63, 3.8) is 0 Å². The van der Waals surface area contributed by atoms with Gasteiger partial charge >= 0.3 is 0 Å². The van der Waals surface area contributed by atoms with Gasteiger partial charge in [-0.25, -0.2) is 9.97 Å². The molecule has 0 spiro atoms. The van der Waals surface area contributed by atoms with E-state index < -0.39 is 0 Å². The van der Waals surface area contributed by atoms with Crippen LogP contribution in [0.25, 0.3) is 0 Å². The predicted molar refractivity (Wildman–Crippen MR) is 91.3 cm³/mol. The van der Waals surface area contributed by atoms with E-state index in [-0.39, 0.29) is 0 Å². The molecule has 1 aromatic heterocycles. The van der Waals surface area contributed by atoms with E-state index in [1.807, 2.05) is 0 Å². The van der Waals surface area contributed by atoms with Crippen molar-refractivity contribution in [3.05, 3.63) is 15.1 Å². The Kier molecular flexibility index (Phi) is 4.79. The van der Waals surface area contributed by atoms with Gasteiger partial charge in [0.15, 0.2) is 0 Å². The Balaban J connectivity index is 1.97.